The fraction of sp³-hybridized carbons (Fsp3) is 0.368. The van der Waals surface area contributed by atoms with Crippen molar-refractivity contribution in [3.63, 3.8) is 0 Å². The molecule has 2 heteroatoms. The van der Waals surface area contributed by atoms with E-state index in [9.17, 15) is 0 Å². The second-order valence-corrected chi connectivity index (χ2v) is 6.29. The molecule has 0 spiro atoms. The van der Waals surface area contributed by atoms with Gasteiger partial charge in [0.05, 0.1) is 6.61 Å². The lowest BCUT2D eigenvalue weighted by atomic mass is 10.0. The summed E-state index contributed by atoms with van der Waals surface area (Å²) in [7, 11) is 0. The first-order valence-electron chi connectivity index (χ1n) is 7.50. The molecule has 0 aliphatic heterocycles. The van der Waals surface area contributed by atoms with Crippen LogP contribution in [0.2, 0.25) is 0 Å². The summed E-state index contributed by atoms with van der Waals surface area (Å²) < 4.78 is 5.94. The van der Waals surface area contributed by atoms with E-state index in [1.807, 2.05) is 6.08 Å². The zero-order valence-corrected chi connectivity index (χ0v) is 13.3. The largest absolute Gasteiger partial charge is 0.493 e. The number of fused-ring (bicyclic) bond motifs is 1. The monoisotopic (exact) mass is 283 g/mol. The first kappa shape index (κ1) is 15.6. The molecule has 2 rings (SSSR count). The first-order valence-corrected chi connectivity index (χ1v) is 7.50. The van der Waals surface area contributed by atoms with E-state index in [2.05, 4.69) is 69.1 Å². The van der Waals surface area contributed by atoms with Crippen LogP contribution in [-0.4, -0.2) is 12.1 Å². The SMILES string of the molecule is C=CCCOc1ccc2ccccc2c1CNC(C)(C)C. The summed E-state index contributed by atoms with van der Waals surface area (Å²) in [6.07, 6.45) is 2.74. The number of ether oxygens (including phenoxy) is 1. The van der Waals surface area contributed by atoms with Gasteiger partial charge in [-0.15, -0.1) is 6.58 Å². The van der Waals surface area contributed by atoms with Gasteiger partial charge >= 0.3 is 0 Å². The third kappa shape index (κ3) is 4.33. The third-order valence-electron chi connectivity index (χ3n) is 3.37. The molecule has 0 bridgehead atoms. The van der Waals surface area contributed by atoms with Gasteiger partial charge in [-0.2, -0.15) is 0 Å². The number of hydrogen-bond acceptors (Lipinski definition) is 2. The highest BCUT2D eigenvalue weighted by Crippen LogP contribution is 2.28. The maximum atomic E-state index is 5.94. The summed E-state index contributed by atoms with van der Waals surface area (Å²) in [5, 5.41) is 6.07. The molecule has 0 atom stereocenters. The van der Waals surface area contributed by atoms with Crippen molar-refractivity contribution in [3.05, 3.63) is 54.6 Å². The Kier molecular flexibility index (Phi) is 5.03. The van der Waals surface area contributed by atoms with Gasteiger partial charge in [0.2, 0.25) is 0 Å². The highest BCUT2D eigenvalue weighted by molar-refractivity contribution is 5.87. The van der Waals surface area contributed by atoms with Gasteiger partial charge < -0.3 is 10.1 Å². The van der Waals surface area contributed by atoms with Crippen molar-refractivity contribution < 1.29 is 4.74 Å². The van der Waals surface area contributed by atoms with Gasteiger partial charge in [-0.05, 0) is 44.0 Å². The lowest BCUT2D eigenvalue weighted by Gasteiger charge is -2.22. The van der Waals surface area contributed by atoms with E-state index in [0.717, 1.165) is 18.7 Å². The van der Waals surface area contributed by atoms with Crippen molar-refractivity contribution in [1.29, 1.82) is 0 Å². The molecule has 1 N–H and O–H groups in total. The molecule has 2 aromatic rings. The molecular formula is C19H25NO. The van der Waals surface area contributed by atoms with E-state index in [-0.39, 0.29) is 5.54 Å². The zero-order valence-electron chi connectivity index (χ0n) is 13.3. The average Bonchev–Trinajstić information content (AvgIpc) is 2.45. The molecule has 0 aromatic heterocycles. The number of hydrogen-bond donors (Lipinski definition) is 1. The molecule has 2 nitrogen and oxygen atoms in total. The molecule has 21 heavy (non-hydrogen) atoms. The molecular weight excluding hydrogens is 258 g/mol. The Morgan fingerprint density at radius 1 is 1.14 bits per heavy atom. The van der Waals surface area contributed by atoms with Gasteiger partial charge in [-0.25, -0.2) is 0 Å². The van der Waals surface area contributed by atoms with E-state index in [0.29, 0.717) is 6.61 Å². The van der Waals surface area contributed by atoms with Crippen LogP contribution in [0.25, 0.3) is 10.8 Å². The minimum atomic E-state index is 0.0787. The fourth-order valence-corrected chi connectivity index (χ4v) is 2.24. The molecule has 0 radical (unpaired) electrons. The van der Waals surface area contributed by atoms with E-state index >= 15 is 0 Å². The maximum Gasteiger partial charge on any atom is 0.124 e. The molecule has 0 saturated carbocycles. The summed E-state index contributed by atoms with van der Waals surface area (Å²) in [5.74, 6) is 0.965. The van der Waals surface area contributed by atoms with Gasteiger partial charge in [0, 0.05) is 17.6 Å². The van der Waals surface area contributed by atoms with Gasteiger partial charge in [0.15, 0.2) is 0 Å². The van der Waals surface area contributed by atoms with Crippen molar-refractivity contribution in [3.8, 4) is 5.75 Å². The van der Waals surface area contributed by atoms with Crippen molar-refractivity contribution >= 4 is 10.8 Å². The van der Waals surface area contributed by atoms with Crippen molar-refractivity contribution in [2.45, 2.75) is 39.3 Å². The molecule has 0 fully saturated rings. The first-order chi connectivity index (χ1) is 10.0. The molecule has 0 aliphatic carbocycles. The Morgan fingerprint density at radius 3 is 2.62 bits per heavy atom. The van der Waals surface area contributed by atoms with Gasteiger partial charge in [0.25, 0.3) is 0 Å². The summed E-state index contributed by atoms with van der Waals surface area (Å²) in [6, 6.07) is 12.7. The smallest absolute Gasteiger partial charge is 0.124 e. The Hall–Kier alpha value is -1.80. The van der Waals surface area contributed by atoms with E-state index in [1.54, 1.807) is 0 Å². The predicted molar refractivity (Wildman–Crippen MR) is 90.8 cm³/mol. The highest BCUT2D eigenvalue weighted by Gasteiger charge is 2.13. The molecule has 112 valence electrons. The molecule has 0 saturated heterocycles. The van der Waals surface area contributed by atoms with Gasteiger partial charge in [-0.3, -0.25) is 0 Å². The standard InChI is InChI=1S/C19H25NO/c1-5-6-13-21-18-12-11-15-9-7-8-10-16(15)17(18)14-20-19(2,3)4/h5,7-12,20H,1,6,13-14H2,2-4H3. The minimum absolute atomic E-state index is 0.0787. The average molecular weight is 283 g/mol. The summed E-state index contributed by atoms with van der Waals surface area (Å²) in [4.78, 5) is 0. The van der Waals surface area contributed by atoms with Crippen LogP contribution in [0, 0.1) is 0 Å². The van der Waals surface area contributed by atoms with E-state index in [1.165, 1.54) is 16.3 Å². The third-order valence-corrected chi connectivity index (χ3v) is 3.37. The second-order valence-electron chi connectivity index (χ2n) is 6.29. The summed E-state index contributed by atoms with van der Waals surface area (Å²) in [6.45, 7) is 11.7. The van der Waals surface area contributed by atoms with Crippen LogP contribution in [0.4, 0.5) is 0 Å². The van der Waals surface area contributed by atoms with Crippen LogP contribution in [0.5, 0.6) is 5.75 Å². The Morgan fingerprint density at radius 2 is 1.90 bits per heavy atom. The summed E-state index contributed by atoms with van der Waals surface area (Å²) in [5.41, 5.74) is 1.31. The van der Waals surface area contributed by atoms with Crippen LogP contribution < -0.4 is 10.1 Å². The van der Waals surface area contributed by atoms with Crippen LogP contribution in [-0.2, 0) is 6.54 Å². The number of rotatable bonds is 6. The van der Waals surface area contributed by atoms with Crippen LogP contribution in [0.1, 0.15) is 32.8 Å². The molecule has 0 amide bonds. The van der Waals surface area contributed by atoms with Crippen molar-refractivity contribution in [1.82, 2.24) is 5.32 Å². The second kappa shape index (κ2) is 6.77. The Labute approximate surface area is 127 Å². The van der Waals surface area contributed by atoms with Crippen LogP contribution in [0.15, 0.2) is 49.1 Å². The van der Waals surface area contributed by atoms with Gasteiger partial charge in [-0.1, -0.05) is 36.4 Å². The Balaban J connectivity index is 2.34. The number of nitrogens with one attached hydrogen (secondary N) is 1. The van der Waals surface area contributed by atoms with Crippen LogP contribution >= 0.6 is 0 Å². The quantitative estimate of drug-likeness (QED) is 0.614. The topological polar surface area (TPSA) is 21.3 Å². The van der Waals surface area contributed by atoms with E-state index < -0.39 is 0 Å². The van der Waals surface area contributed by atoms with E-state index in [4.69, 9.17) is 4.74 Å². The predicted octanol–water partition coefficient (Wildman–Crippen LogP) is 4.68. The zero-order chi connectivity index (χ0) is 15.3. The maximum absolute atomic E-state index is 5.94. The van der Waals surface area contributed by atoms with Crippen molar-refractivity contribution in [2.75, 3.05) is 6.61 Å². The molecule has 0 aliphatic rings. The minimum Gasteiger partial charge on any atom is -0.493 e. The highest BCUT2D eigenvalue weighted by atomic mass is 16.5. The molecule has 0 unspecified atom stereocenters. The van der Waals surface area contributed by atoms with Gasteiger partial charge in [0.1, 0.15) is 5.75 Å². The molecule has 0 heterocycles. The van der Waals surface area contributed by atoms with Crippen LogP contribution in [0.3, 0.4) is 0 Å². The lowest BCUT2D eigenvalue weighted by Crippen LogP contribution is -2.35. The fourth-order valence-electron chi connectivity index (χ4n) is 2.24. The van der Waals surface area contributed by atoms with Crippen molar-refractivity contribution in [2.24, 2.45) is 0 Å². The summed E-state index contributed by atoms with van der Waals surface area (Å²) >= 11 is 0. The normalized spacial score (nSPS) is 11.6. The lowest BCUT2D eigenvalue weighted by molar-refractivity contribution is 0.319. The Bertz CT molecular complexity index is 610. The number of benzene rings is 2. The molecule has 2 aromatic carbocycles.